The molecule has 140 valence electrons. The van der Waals surface area contributed by atoms with Gasteiger partial charge in [0.1, 0.15) is 17.3 Å². The third-order valence-electron chi connectivity index (χ3n) is 4.79. The summed E-state index contributed by atoms with van der Waals surface area (Å²) in [6.45, 7) is 2.35. The van der Waals surface area contributed by atoms with E-state index in [1.165, 1.54) is 11.1 Å². The lowest BCUT2D eigenvalue weighted by Crippen LogP contribution is -2.26. The van der Waals surface area contributed by atoms with Gasteiger partial charge in [0.25, 0.3) is 5.91 Å². The van der Waals surface area contributed by atoms with Gasteiger partial charge in [-0.2, -0.15) is 5.10 Å². The van der Waals surface area contributed by atoms with Gasteiger partial charge in [0.05, 0.1) is 0 Å². The van der Waals surface area contributed by atoms with Crippen LogP contribution in [0.25, 0.3) is 0 Å². The van der Waals surface area contributed by atoms with Crippen molar-refractivity contribution < 1.29 is 14.0 Å². The largest absolute Gasteiger partial charge is 0.466 e. The van der Waals surface area contributed by atoms with Gasteiger partial charge in [-0.15, -0.1) is 0 Å². The van der Waals surface area contributed by atoms with Gasteiger partial charge in [0.15, 0.2) is 5.69 Å². The first-order valence-corrected chi connectivity index (χ1v) is 9.21. The highest BCUT2D eigenvalue weighted by molar-refractivity contribution is 5.96. The van der Waals surface area contributed by atoms with E-state index < -0.39 is 0 Å². The van der Waals surface area contributed by atoms with Gasteiger partial charge >= 0.3 is 0 Å². The predicted molar refractivity (Wildman–Crippen MR) is 97.9 cm³/mol. The van der Waals surface area contributed by atoms with E-state index in [1.807, 2.05) is 19.1 Å². The quantitative estimate of drug-likeness (QED) is 0.831. The molecule has 2 aromatic rings. The summed E-state index contributed by atoms with van der Waals surface area (Å²) in [7, 11) is 1.72. The van der Waals surface area contributed by atoms with Crippen LogP contribution in [0.4, 0.5) is 5.82 Å². The minimum absolute atomic E-state index is 0.0212. The summed E-state index contributed by atoms with van der Waals surface area (Å²) in [5, 5.41) is 9.94. The number of nitrogens with one attached hydrogen (secondary N) is 2. The molecule has 0 radical (unpaired) electrons. The Kier molecular flexibility index (Phi) is 5.75. The Morgan fingerprint density at radius 2 is 2.04 bits per heavy atom. The van der Waals surface area contributed by atoms with Gasteiger partial charge in [-0.25, -0.2) is 0 Å². The molecule has 2 N–H and O–H groups in total. The maximum Gasteiger partial charge on any atom is 0.271 e. The van der Waals surface area contributed by atoms with Crippen LogP contribution < -0.4 is 10.6 Å². The Hall–Kier alpha value is -2.57. The molecule has 7 nitrogen and oxygen atoms in total. The van der Waals surface area contributed by atoms with Gasteiger partial charge < -0.3 is 15.1 Å². The second kappa shape index (κ2) is 8.21. The molecule has 2 amide bonds. The molecular formula is C19H26N4O3. The normalized spacial score (nSPS) is 15.0. The van der Waals surface area contributed by atoms with Crippen LogP contribution in [-0.2, 0) is 18.3 Å². The van der Waals surface area contributed by atoms with Crippen molar-refractivity contribution >= 4 is 17.6 Å². The van der Waals surface area contributed by atoms with Gasteiger partial charge in [-0.05, 0) is 31.9 Å². The maximum absolute atomic E-state index is 12.4. The number of furan rings is 1. The van der Waals surface area contributed by atoms with E-state index in [9.17, 15) is 9.59 Å². The number of carbonyl (C=O) groups is 2. The molecule has 0 aliphatic heterocycles. The second-order valence-corrected chi connectivity index (χ2v) is 6.88. The van der Waals surface area contributed by atoms with Crippen LogP contribution in [0.15, 0.2) is 22.6 Å². The number of nitrogens with zero attached hydrogens (tertiary/aromatic N) is 2. The highest BCUT2D eigenvalue weighted by Crippen LogP contribution is 2.25. The molecule has 0 saturated heterocycles. The van der Waals surface area contributed by atoms with Crippen molar-refractivity contribution in [1.29, 1.82) is 0 Å². The fourth-order valence-electron chi connectivity index (χ4n) is 3.30. The molecule has 0 bridgehead atoms. The minimum atomic E-state index is -0.262. The van der Waals surface area contributed by atoms with Crippen LogP contribution in [0.5, 0.6) is 0 Å². The summed E-state index contributed by atoms with van der Waals surface area (Å²) in [4.78, 5) is 24.6. The first-order valence-electron chi connectivity index (χ1n) is 9.21. The van der Waals surface area contributed by atoms with Gasteiger partial charge in [-0.3, -0.25) is 14.3 Å². The minimum Gasteiger partial charge on any atom is -0.466 e. The lowest BCUT2D eigenvalue weighted by Gasteiger charge is -2.20. The molecule has 1 fully saturated rings. The number of hydrogen-bond donors (Lipinski definition) is 2. The van der Waals surface area contributed by atoms with Crippen LogP contribution >= 0.6 is 0 Å². The standard InChI is InChI=1S/C19H26N4O3/c1-13-8-9-15(26-13)10-11-20-19(25)16-12-17(23(2)22-16)21-18(24)14-6-4-3-5-7-14/h8-9,12,14H,3-7,10-11H2,1-2H3,(H,20,25)(H,21,24). The summed E-state index contributed by atoms with van der Waals surface area (Å²) < 4.78 is 7.01. The number of aromatic nitrogens is 2. The van der Waals surface area contributed by atoms with Crippen LogP contribution in [0.1, 0.15) is 54.1 Å². The van der Waals surface area contributed by atoms with Gasteiger partial charge in [-0.1, -0.05) is 19.3 Å². The topological polar surface area (TPSA) is 89.2 Å². The van der Waals surface area contributed by atoms with E-state index in [-0.39, 0.29) is 17.7 Å². The molecule has 7 heteroatoms. The van der Waals surface area contributed by atoms with Crippen molar-refractivity contribution in [2.24, 2.45) is 13.0 Å². The number of amides is 2. The SMILES string of the molecule is Cc1ccc(CCNC(=O)c2cc(NC(=O)C3CCCCC3)n(C)n2)o1. The van der Waals surface area contributed by atoms with E-state index in [2.05, 4.69) is 15.7 Å². The van der Waals surface area contributed by atoms with E-state index >= 15 is 0 Å². The van der Waals surface area contributed by atoms with Crippen molar-refractivity contribution in [2.75, 3.05) is 11.9 Å². The third-order valence-corrected chi connectivity index (χ3v) is 4.79. The Labute approximate surface area is 153 Å². The van der Waals surface area contributed by atoms with E-state index in [4.69, 9.17) is 4.42 Å². The Balaban J connectivity index is 1.52. The van der Waals surface area contributed by atoms with Crippen LogP contribution in [0.3, 0.4) is 0 Å². The summed E-state index contributed by atoms with van der Waals surface area (Å²) in [6, 6.07) is 5.42. The Morgan fingerprint density at radius 3 is 2.73 bits per heavy atom. The molecule has 2 aromatic heterocycles. The zero-order valence-corrected chi connectivity index (χ0v) is 15.4. The number of hydrogen-bond acceptors (Lipinski definition) is 4. The van der Waals surface area contributed by atoms with Gasteiger partial charge in [0, 0.05) is 32.0 Å². The first kappa shape index (κ1) is 18.2. The van der Waals surface area contributed by atoms with Crippen molar-refractivity contribution in [2.45, 2.75) is 45.4 Å². The predicted octanol–water partition coefficient (Wildman–Crippen LogP) is 2.81. The summed E-state index contributed by atoms with van der Waals surface area (Å²) in [5.41, 5.74) is 0.294. The van der Waals surface area contributed by atoms with Crippen LogP contribution in [0.2, 0.25) is 0 Å². The lowest BCUT2D eigenvalue weighted by molar-refractivity contribution is -0.120. The molecule has 1 aliphatic carbocycles. The average molecular weight is 358 g/mol. The van der Waals surface area contributed by atoms with Crippen molar-refractivity contribution in [3.05, 3.63) is 35.4 Å². The monoisotopic (exact) mass is 358 g/mol. The summed E-state index contributed by atoms with van der Waals surface area (Å²) in [5.74, 6) is 2.06. The van der Waals surface area contributed by atoms with Gasteiger partial charge in [0.2, 0.25) is 5.91 Å². The van der Waals surface area contributed by atoms with Crippen LogP contribution in [-0.4, -0.2) is 28.1 Å². The lowest BCUT2D eigenvalue weighted by atomic mass is 9.89. The van der Waals surface area contributed by atoms with Crippen molar-refractivity contribution in [3.8, 4) is 0 Å². The highest BCUT2D eigenvalue weighted by atomic mass is 16.3. The first-order chi connectivity index (χ1) is 12.5. The fourth-order valence-corrected chi connectivity index (χ4v) is 3.30. The average Bonchev–Trinajstić information content (AvgIpc) is 3.21. The number of anilines is 1. The molecule has 0 unspecified atom stereocenters. The number of aryl methyl sites for hydroxylation is 2. The summed E-state index contributed by atoms with van der Waals surface area (Å²) in [6.07, 6.45) is 5.90. The van der Waals surface area contributed by atoms with Crippen molar-refractivity contribution in [3.63, 3.8) is 0 Å². The molecule has 2 heterocycles. The van der Waals surface area contributed by atoms with Crippen molar-refractivity contribution in [1.82, 2.24) is 15.1 Å². The maximum atomic E-state index is 12.4. The Bertz CT molecular complexity index is 772. The molecule has 0 aromatic carbocycles. The molecule has 3 rings (SSSR count). The van der Waals surface area contributed by atoms with E-state index in [0.29, 0.717) is 24.5 Å². The zero-order valence-electron chi connectivity index (χ0n) is 15.4. The smallest absolute Gasteiger partial charge is 0.271 e. The fraction of sp³-hybridized carbons (Fsp3) is 0.526. The van der Waals surface area contributed by atoms with Crippen LogP contribution in [0, 0.1) is 12.8 Å². The molecule has 0 atom stereocenters. The summed E-state index contributed by atoms with van der Waals surface area (Å²) >= 11 is 0. The zero-order chi connectivity index (χ0) is 18.5. The van der Waals surface area contributed by atoms with E-state index in [1.54, 1.807) is 13.1 Å². The highest BCUT2D eigenvalue weighted by Gasteiger charge is 2.22. The Morgan fingerprint density at radius 1 is 1.27 bits per heavy atom. The van der Waals surface area contributed by atoms with E-state index in [0.717, 1.165) is 37.2 Å². The number of rotatable bonds is 6. The molecule has 0 spiro atoms. The third kappa shape index (κ3) is 4.53. The number of carbonyl (C=O) groups excluding carboxylic acids is 2. The molecule has 26 heavy (non-hydrogen) atoms. The molecule has 1 saturated carbocycles. The molecule has 1 aliphatic rings. The second-order valence-electron chi connectivity index (χ2n) is 6.88. The molecular weight excluding hydrogens is 332 g/mol.